The van der Waals surface area contributed by atoms with Crippen molar-refractivity contribution in [1.29, 1.82) is 0 Å². The van der Waals surface area contributed by atoms with E-state index >= 15 is 0 Å². The van der Waals surface area contributed by atoms with E-state index in [1.165, 1.54) is 21.9 Å². The van der Waals surface area contributed by atoms with Crippen LogP contribution in [0, 0.1) is 33.1 Å². The summed E-state index contributed by atoms with van der Waals surface area (Å²) >= 11 is 0. The van der Waals surface area contributed by atoms with Gasteiger partial charge < -0.3 is 0 Å². The van der Waals surface area contributed by atoms with Crippen molar-refractivity contribution in [3.05, 3.63) is 28.3 Å². The Kier molecular flexibility index (Phi) is 2.39. The van der Waals surface area contributed by atoms with Crippen LogP contribution in [0.25, 0.3) is 0 Å². The quantitative estimate of drug-likeness (QED) is 0.399. The van der Waals surface area contributed by atoms with Gasteiger partial charge in [0.25, 0.3) is 0 Å². The third-order valence-corrected chi connectivity index (χ3v) is 3.29. The van der Waals surface area contributed by atoms with Crippen LogP contribution in [-0.4, -0.2) is 10.2 Å². The van der Waals surface area contributed by atoms with E-state index in [-0.39, 0.29) is 0 Å². The monoisotopic (exact) mass is 174 g/mol. The predicted octanol–water partition coefficient (Wildman–Crippen LogP) is 0.584. The van der Waals surface area contributed by atoms with Crippen molar-refractivity contribution < 1.29 is 0 Å². The fraction of sp³-hybridized carbons (Fsp3) is 0.273. The minimum atomic E-state index is 1.04. The fourth-order valence-corrected chi connectivity index (χ4v) is 2.46. The topological polar surface area (TPSA) is 0 Å². The molecule has 0 amide bonds. The van der Waals surface area contributed by atoms with E-state index < -0.39 is 0 Å². The maximum Gasteiger partial charge on any atom is 0.0401 e. The summed E-state index contributed by atoms with van der Waals surface area (Å²) in [6, 6.07) is 2.21. The van der Waals surface area contributed by atoms with E-state index in [4.69, 9.17) is 6.42 Å². The largest absolute Gasteiger partial charge is 0.115 e. The van der Waals surface area contributed by atoms with Gasteiger partial charge in [-0.15, -0.1) is 6.42 Å². The van der Waals surface area contributed by atoms with E-state index in [9.17, 15) is 0 Å². The molecule has 0 unspecified atom stereocenters. The van der Waals surface area contributed by atoms with Crippen LogP contribution in [0.1, 0.15) is 22.3 Å². The third-order valence-electron chi connectivity index (χ3n) is 2.50. The molecule has 1 rings (SSSR count). The SMILES string of the molecule is C#Cc1c([SiH3])cc(C)c(C)c1C. The summed E-state index contributed by atoms with van der Waals surface area (Å²) < 4.78 is 0. The molecule has 0 N–H and O–H groups in total. The Morgan fingerprint density at radius 1 is 1.25 bits per heavy atom. The lowest BCUT2D eigenvalue weighted by Gasteiger charge is -2.10. The van der Waals surface area contributed by atoms with Gasteiger partial charge in [0.2, 0.25) is 0 Å². The summed E-state index contributed by atoms with van der Waals surface area (Å²) in [7, 11) is 1.04. The second-order valence-electron chi connectivity index (χ2n) is 3.28. The molecule has 0 radical (unpaired) electrons. The highest BCUT2D eigenvalue weighted by Crippen LogP contribution is 2.13. The number of rotatable bonds is 0. The van der Waals surface area contributed by atoms with E-state index in [0.29, 0.717) is 0 Å². The Hall–Kier alpha value is -1.00. The molecule has 62 valence electrons. The molecule has 0 spiro atoms. The molecule has 0 fully saturated rings. The Bertz CT molecular complexity index is 356. The number of benzene rings is 1. The predicted molar refractivity (Wildman–Crippen MR) is 58.2 cm³/mol. The van der Waals surface area contributed by atoms with Gasteiger partial charge in [-0.2, -0.15) is 0 Å². The van der Waals surface area contributed by atoms with E-state index in [1.54, 1.807) is 0 Å². The molecule has 0 aliphatic rings. The van der Waals surface area contributed by atoms with Crippen LogP contribution in [0.15, 0.2) is 6.07 Å². The maximum absolute atomic E-state index is 5.44. The van der Waals surface area contributed by atoms with Crippen molar-refractivity contribution in [2.75, 3.05) is 0 Å². The number of terminal acetylenes is 1. The van der Waals surface area contributed by atoms with Gasteiger partial charge in [0, 0.05) is 15.8 Å². The van der Waals surface area contributed by atoms with E-state index in [1.807, 2.05) is 0 Å². The highest BCUT2D eigenvalue weighted by Gasteiger charge is 2.04. The molecule has 0 heterocycles. The Morgan fingerprint density at radius 2 is 1.83 bits per heavy atom. The molecule has 1 aromatic carbocycles. The zero-order chi connectivity index (χ0) is 9.30. The van der Waals surface area contributed by atoms with Gasteiger partial charge in [-0.3, -0.25) is 0 Å². The summed E-state index contributed by atoms with van der Waals surface area (Å²) in [4.78, 5) is 0. The molecule has 0 atom stereocenters. The molecular weight excluding hydrogens is 160 g/mol. The lowest BCUT2D eigenvalue weighted by Crippen LogP contribution is -2.12. The van der Waals surface area contributed by atoms with Gasteiger partial charge in [-0.25, -0.2) is 0 Å². The zero-order valence-corrected chi connectivity index (χ0v) is 10.2. The van der Waals surface area contributed by atoms with Crippen molar-refractivity contribution in [3.63, 3.8) is 0 Å². The van der Waals surface area contributed by atoms with Crippen molar-refractivity contribution >= 4 is 15.4 Å². The lowest BCUT2D eigenvalue weighted by molar-refractivity contribution is 1.27. The zero-order valence-electron chi connectivity index (χ0n) is 8.15. The molecule has 0 saturated heterocycles. The van der Waals surface area contributed by atoms with Crippen LogP contribution in [-0.2, 0) is 0 Å². The molecule has 0 aliphatic carbocycles. The van der Waals surface area contributed by atoms with Crippen LogP contribution in [0.4, 0.5) is 0 Å². The smallest absolute Gasteiger partial charge is 0.0401 e. The molecule has 0 aromatic heterocycles. The van der Waals surface area contributed by atoms with Crippen LogP contribution in [0.5, 0.6) is 0 Å². The van der Waals surface area contributed by atoms with Crippen molar-refractivity contribution in [3.8, 4) is 12.3 Å². The fourth-order valence-electron chi connectivity index (χ4n) is 1.51. The van der Waals surface area contributed by atoms with Crippen LogP contribution in [0.2, 0.25) is 0 Å². The van der Waals surface area contributed by atoms with Crippen molar-refractivity contribution in [2.24, 2.45) is 0 Å². The summed E-state index contributed by atoms with van der Waals surface area (Å²) in [5.41, 5.74) is 5.09. The molecule has 0 nitrogen and oxygen atoms in total. The first kappa shape index (κ1) is 9.09. The van der Waals surface area contributed by atoms with E-state index in [2.05, 4.69) is 32.8 Å². The molecular formula is C11H14Si. The molecule has 0 aliphatic heterocycles. The van der Waals surface area contributed by atoms with Gasteiger partial charge >= 0.3 is 0 Å². The average Bonchev–Trinajstić information content (AvgIpc) is 2.01. The first-order valence-corrected chi connectivity index (χ1v) is 5.12. The lowest BCUT2D eigenvalue weighted by atomic mass is 9.99. The minimum Gasteiger partial charge on any atom is -0.115 e. The van der Waals surface area contributed by atoms with Gasteiger partial charge in [-0.05, 0) is 37.5 Å². The van der Waals surface area contributed by atoms with Gasteiger partial charge in [-0.1, -0.05) is 17.2 Å². The standard InChI is InChI=1S/C11H14Si/c1-5-10-9(4)8(3)7(2)6-11(10)12/h1,6H,2-4,12H3. The highest BCUT2D eigenvalue weighted by molar-refractivity contribution is 6.34. The molecule has 0 saturated carbocycles. The first-order chi connectivity index (χ1) is 5.57. The minimum absolute atomic E-state index is 1.04. The van der Waals surface area contributed by atoms with Crippen LogP contribution < -0.4 is 5.19 Å². The molecule has 12 heavy (non-hydrogen) atoms. The van der Waals surface area contributed by atoms with Crippen molar-refractivity contribution in [1.82, 2.24) is 0 Å². The first-order valence-electron chi connectivity index (χ1n) is 4.12. The Balaban J connectivity index is 3.54. The summed E-state index contributed by atoms with van der Waals surface area (Å²) in [5, 5.41) is 1.35. The summed E-state index contributed by atoms with van der Waals surface area (Å²) in [6.07, 6.45) is 5.44. The van der Waals surface area contributed by atoms with Gasteiger partial charge in [0.05, 0.1) is 0 Å². The highest BCUT2D eigenvalue weighted by atomic mass is 28.1. The van der Waals surface area contributed by atoms with Gasteiger partial charge in [0.15, 0.2) is 0 Å². The summed E-state index contributed by atoms with van der Waals surface area (Å²) in [5.74, 6) is 2.77. The van der Waals surface area contributed by atoms with Crippen molar-refractivity contribution in [2.45, 2.75) is 20.8 Å². The third kappa shape index (κ3) is 1.31. The molecule has 1 heteroatoms. The van der Waals surface area contributed by atoms with E-state index in [0.717, 1.165) is 15.8 Å². The normalized spacial score (nSPS) is 9.83. The Labute approximate surface area is 77.4 Å². The second kappa shape index (κ2) is 3.16. The molecule has 1 aromatic rings. The number of hydrogen-bond donors (Lipinski definition) is 0. The number of hydrogen-bond acceptors (Lipinski definition) is 0. The maximum atomic E-state index is 5.44. The van der Waals surface area contributed by atoms with Crippen LogP contribution >= 0.6 is 0 Å². The number of aryl methyl sites for hydroxylation is 1. The molecule has 0 bridgehead atoms. The van der Waals surface area contributed by atoms with Gasteiger partial charge in [0.1, 0.15) is 0 Å². The summed E-state index contributed by atoms with van der Waals surface area (Å²) in [6.45, 7) is 6.38. The Morgan fingerprint density at radius 3 is 2.33 bits per heavy atom. The average molecular weight is 174 g/mol. The second-order valence-corrected chi connectivity index (χ2v) is 4.36. The van der Waals surface area contributed by atoms with Crippen LogP contribution in [0.3, 0.4) is 0 Å².